The van der Waals surface area contributed by atoms with Crippen molar-refractivity contribution in [3.63, 3.8) is 0 Å². The van der Waals surface area contributed by atoms with Crippen LogP contribution >= 0.6 is 0 Å². The van der Waals surface area contributed by atoms with E-state index in [-0.39, 0.29) is 29.1 Å². The van der Waals surface area contributed by atoms with Gasteiger partial charge in [0.05, 0.1) is 11.5 Å². The van der Waals surface area contributed by atoms with Crippen molar-refractivity contribution in [2.24, 2.45) is 0 Å². The van der Waals surface area contributed by atoms with Crippen LogP contribution in [0.5, 0.6) is 0 Å². The molecule has 2 aliphatic rings. The molecule has 10 heteroatoms. The fraction of sp³-hybridized carbons (Fsp3) is 0.600. The lowest BCUT2D eigenvalue weighted by Crippen LogP contribution is -2.48. The average molecular weight is 367 g/mol. The largest absolute Gasteiger partial charge is 0.342 e. The highest BCUT2D eigenvalue weighted by Crippen LogP contribution is 2.20. The van der Waals surface area contributed by atoms with Crippen molar-refractivity contribution >= 4 is 28.1 Å². The number of aromatic nitrogens is 2. The first-order valence-electron chi connectivity index (χ1n) is 8.14. The summed E-state index contributed by atoms with van der Waals surface area (Å²) in [5.74, 6) is 0.390. The molecule has 1 atom stereocenters. The van der Waals surface area contributed by atoms with Crippen LogP contribution in [0.25, 0.3) is 0 Å². The molecule has 1 unspecified atom stereocenters. The number of nitrogens with zero attached hydrogens (tertiary/aromatic N) is 5. The average Bonchev–Trinajstić information content (AvgIpc) is 3.00. The van der Waals surface area contributed by atoms with Crippen LogP contribution in [-0.4, -0.2) is 91.3 Å². The molecule has 2 saturated heterocycles. The summed E-state index contributed by atoms with van der Waals surface area (Å²) in [6.45, 7) is 1.95. The number of sulfone groups is 1. The number of hydrogen-bond donors (Lipinski definition) is 0. The molecule has 0 saturated carbocycles. The smallest absolute Gasteiger partial charge is 0.272 e. The molecule has 3 heterocycles. The van der Waals surface area contributed by atoms with Crippen LogP contribution in [0.1, 0.15) is 16.9 Å². The molecule has 1 aromatic rings. The van der Waals surface area contributed by atoms with Crippen LogP contribution < -0.4 is 4.90 Å². The Morgan fingerprint density at radius 3 is 2.64 bits per heavy atom. The van der Waals surface area contributed by atoms with Crippen molar-refractivity contribution in [2.75, 3.05) is 49.6 Å². The number of anilines is 1. The van der Waals surface area contributed by atoms with Crippen LogP contribution in [-0.2, 0) is 14.6 Å². The molecule has 0 spiro atoms. The van der Waals surface area contributed by atoms with Gasteiger partial charge in [-0.1, -0.05) is 0 Å². The van der Waals surface area contributed by atoms with E-state index in [4.69, 9.17) is 0 Å². The van der Waals surface area contributed by atoms with Gasteiger partial charge in [0.1, 0.15) is 5.69 Å². The van der Waals surface area contributed by atoms with Gasteiger partial charge < -0.3 is 14.7 Å². The van der Waals surface area contributed by atoms with Gasteiger partial charge >= 0.3 is 0 Å². The van der Waals surface area contributed by atoms with Crippen LogP contribution in [0.3, 0.4) is 0 Å². The third-order valence-electron chi connectivity index (χ3n) is 4.68. The van der Waals surface area contributed by atoms with Gasteiger partial charge in [0.15, 0.2) is 9.84 Å². The quantitative estimate of drug-likeness (QED) is 0.630. The molecule has 0 aromatic carbocycles. The Balaban J connectivity index is 1.71. The van der Waals surface area contributed by atoms with Crippen molar-refractivity contribution in [3.05, 3.63) is 18.0 Å². The molecule has 9 nitrogen and oxygen atoms in total. The summed E-state index contributed by atoms with van der Waals surface area (Å²) in [5, 5.41) is 0. The second kappa shape index (κ2) is 6.95. The maximum atomic E-state index is 12.6. The van der Waals surface area contributed by atoms with E-state index in [0.717, 1.165) is 6.41 Å². The predicted octanol–water partition coefficient (Wildman–Crippen LogP) is -0.986. The summed E-state index contributed by atoms with van der Waals surface area (Å²) in [5.41, 5.74) is 0.275. The highest BCUT2D eigenvalue weighted by atomic mass is 32.2. The number of carbonyl (C=O) groups is 2. The topological polar surface area (TPSA) is 104 Å². The van der Waals surface area contributed by atoms with Gasteiger partial charge in [-0.3, -0.25) is 9.59 Å². The lowest BCUT2D eigenvalue weighted by molar-refractivity contribution is -0.119. The van der Waals surface area contributed by atoms with Gasteiger partial charge in [-0.25, -0.2) is 18.4 Å². The Kier molecular flexibility index (Phi) is 4.89. The van der Waals surface area contributed by atoms with E-state index in [2.05, 4.69) is 9.97 Å². The van der Waals surface area contributed by atoms with Gasteiger partial charge in [-0.05, 0) is 12.5 Å². The molecule has 2 fully saturated rings. The van der Waals surface area contributed by atoms with Crippen molar-refractivity contribution in [3.8, 4) is 0 Å². The highest BCUT2D eigenvalue weighted by molar-refractivity contribution is 7.91. The second-order valence-electron chi connectivity index (χ2n) is 6.34. The van der Waals surface area contributed by atoms with E-state index < -0.39 is 9.84 Å². The van der Waals surface area contributed by atoms with Crippen molar-refractivity contribution in [1.82, 2.24) is 19.8 Å². The molecule has 136 valence electrons. The first-order chi connectivity index (χ1) is 11.9. The molecular formula is C15H21N5O4S. The van der Waals surface area contributed by atoms with Crippen molar-refractivity contribution in [1.29, 1.82) is 0 Å². The molecule has 0 N–H and O–H groups in total. The summed E-state index contributed by atoms with van der Waals surface area (Å²) < 4.78 is 23.3. The number of hydrogen-bond acceptors (Lipinski definition) is 7. The van der Waals surface area contributed by atoms with Crippen molar-refractivity contribution in [2.45, 2.75) is 12.5 Å². The van der Waals surface area contributed by atoms with E-state index in [1.807, 2.05) is 0 Å². The second-order valence-corrected chi connectivity index (χ2v) is 8.57. The summed E-state index contributed by atoms with van der Waals surface area (Å²) in [6, 6.07) is 1.38. The number of rotatable bonds is 4. The molecule has 1 aromatic heterocycles. The number of carbonyl (C=O) groups excluding carboxylic acids is 2. The van der Waals surface area contributed by atoms with Gasteiger partial charge in [-0.2, -0.15) is 0 Å². The fourth-order valence-corrected chi connectivity index (χ4v) is 4.85. The monoisotopic (exact) mass is 367 g/mol. The zero-order valence-electron chi connectivity index (χ0n) is 14.0. The molecule has 0 radical (unpaired) electrons. The third-order valence-corrected chi connectivity index (χ3v) is 6.43. The standard InChI is InChI=1S/C15H21N5O4S/c1-18(12-3-9-25(23,24)10-12)15-16-4-2-13(17-15)14(22)20-7-5-19(11-21)6-8-20/h2,4,11-12H,3,5-10H2,1H3. The van der Waals surface area contributed by atoms with Crippen molar-refractivity contribution < 1.29 is 18.0 Å². The summed E-state index contributed by atoms with van der Waals surface area (Å²) in [6.07, 6.45) is 2.83. The predicted molar refractivity (Wildman–Crippen MR) is 91.0 cm³/mol. The van der Waals surface area contributed by atoms with Crippen LogP contribution in [0.15, 0.2) is 12.3 Å². The molecular weight excluding hydrogens is 346 g/mol. The Bertz CT molecular complexity index is 761. The molecule has 3 rings (SSSR count). The summed E-state index contributed by atoms with van der Waals surface area (Å²) >= 11 is 0. The van der Waals surface area contributed by atoms with E-state index in [9.17, 15) is 18.0 Å². The fourth-order valence-electron chi connectivity index (χ4n) is 3.07. The van der Waals surface area contributed by atoms with E-state index in [1.165, 1.54) is 6.20 Å². The zero-order valence-corrected chi connectivity index (χ0v) is 14.9. The molecule has 2 aliphatic heterocycles. The minimum absolute atomic E-state index is 0.0820. The van der Waals surface area contributed by atoms with Gasteiger partial charge in [0, 0.05) is 45.5 Å². The minimum atomic E-state index is -3.01. The van der Waals surface area contributed by atoms with Gasteiger partial charge in [0.25, 0.3) is 5.91 Å². The minimum Gasteiger partial charge on any atom is -0.342 e. The maximum absolute atomic E-state index is 12.6. The van der Waals surface area contributed by atoms with E-state index in [0.29, 0.717) is 38.5 Å². The highest BCUT2D eigenvalue weighted by Gasteiger charge is 2.32. The van der Waals surface area contributed by atoms with Crippen LogP contribution in [0.4, 0.5) is 5.95 Å². The normalized spacial score (nSPS) is 22.7. The lowest BCUT2D eigenvalue weighted by Gasteiger charge is -2.32. The number of piperazine rings is 1. The Labute approximate surface area is 146 Å². The van der Waals surface area contributed by atoms with Gasteiger partial charge in [-0.15, -0.1) is 0 Å². The molecule has 0 bridgehead atoms. The first kappa shape index (κ1) is 17.6. The third kappa shape index (κ3) is 3.89. The summed E-state index contributed by atoms with van der Waals surface area (Å²) in [7, 11) is -1.26. The Morgan fingerprint density at radius 2 is 2.04 bits per heavy atom. The Hall–Kier alpha value is -2.23. The lowest BCUT2D eigenvalue weighted by atomic mass is 10.2. The molecule has 25 heavy (non-hydrogen) atoms. The Morgan fingerprint density at radius 1 is 1.32 bits per heavy atom. The molecule has 2 amide bonds. The zero-order chi connectivity index (χ0) is 18.0. The molecule has 0 aliphatic carbocycles. The first-order valence-corrected chi connectivity index (χ1v) is 9.97. The van der Waals surface area contributed by atoms with E-state index in [1.54, 1.807) is 27.8 Å². The van der Waals surface area contributed by atoms with Crippen LogP contribution in [0.2, 0.25) is 0 Å². The van der Waals surface area contributed by atoms with E-state index >= 15 is 0 Å². The van der Waals surface area contributed by atoms with Crippen LogP contribution in [0, 0.1) is 0 Å². The van der Waals surface area contributed by atoms with Gasteiger partial charge in [0.2, 0.25) is 12.4 Å². The SMILES string of the molecule is CN(c1nccc(C(=O)N2CCN(C=O)CC2)n1)C1CCS(=O)(=O)C1. The number of amides is 2. The maximum Gasteiger partial charge on any atom is 0.272 e. The summed E-state index contributed by atoms with van der Waals surface area (Å²) in [4.78, 5) is 36.9.